The summed E-state index contributed by atoms with van der Waals surface area (Å²) < 4.78 is 0. The molecular weight excluding hydrogens is 195 g/mol. The van der Waals surface area contributed by atoms with Crippen molar-refractivity contribution in [1.29, 1.82) is 0 Å². The Bertz CT molecular complexity index is 211. The van der Waals surface area contributed by atoms with Crippen LogP contribution in [0.3, 0.4) is 0 Å². The molecule has 0 aromatic heterocycles. The van der Waals surface area contributed by atoms with Gasteiger partial charge in [-0.1, -0.05) is 58.9 Å². The molecule has 0 amide bonds. The van der Waals surface area contributed by atoms with Crippen LogP contribution in [0.2, 0.25) is 0 Å². The number of aryl methyl sites for hydroxylation is 1. The molecule has 0 nitrogen and oxygen atoms in total. The number of benzene rings is 1. The molecule has 0 fully saturated rings. The standard InChI is InChI=1S/C11H16.C2H6.K/c1-4-10-5-7-11(8-6-10)9(2)3;1-2;/h5-9H,4H2,1-3H3;1-2H3;. The van der Waals surface area contributed by atoms with E-state index in [4.69, 9.17) is 0 Å². The first kappa shape index (κ1) is 17.3. The van der Waals surface area contributed by atoms with Gasteiger partial charge in [0.2, 0.25) is 0 Å². The Kier molecular flexibility index (Phi) is 12.8. The number of rotatable bonds is 2. The van der Waals surface area contributed by atoms with Gasteiger partial charge in [-0.25, -0.2) is 0 Å². The molecule has 0 aliphatic carbocycles. The van der Waals surface area contributed by atoms with E-state index in [-0.39, 0.29) is 51.4 Å². The van der Waals surface area contributed by atoms with Crippen LogP contribution in [0.5, 0.6) is 0 Å². The van der Waals surface area contributed by atoms with Gasteiger partial charge in [-0.15, -0.1) is 0 Å². The van der Waals surface area contributed by atoms with E-state index in [0.29, 0.717) is 5.92 Å². The van der Waals surface area contributed by atoms with Gasteiger partial charge in [0.15, 0.2) is 0 Å². The predicted molar refractivity (Wildman–Crippen MR) is 67.0 cm³/mol. The second-order valence-electron chi connectivity index (χ2n) is 3.25. The van der Waals surface area contributed by atoms with Gasteiger partial charge in [0.25, 0.3) is 0 Å². The van der Waals surface area contributed by atoms with E-state index in [1.54, 1.807) is 0 Å². The van der Waals surface area contributed by atoms with Crippen LogP contribution in [0.1, 0.15) is 51.7 Å². The SMILES string of the molecule is CC.CCc1ccc(C(C)C)cc1.[K]. The first-order chi connectivity index (χ1) is 6.24. The van der Waals surface area contributed by atoms with Crippen LogP contribution in [0.15, 0.2) is 24.3 Å². The molecule has 1 aromatic rings. The maximum atomic E-state index is 2.23. The Labute approximate surface area is 132 Å². The fourth-order valence-electron chi connectivity index (χ4n) is 1.14. The molecule has 1 aromatic carbocycles. The molecule has 1 rings (SSSR count). The fourth-order valence-corrected chi connectivity index (χ4v) is 1.14. The zero-order valence-electron chi connectivity index (χ0n) is 10.6. The number of hydrogen-bond acceptors (Lipinski definition) is 0. The van der Waals surface area contributed by atoms with E-state index in [1.165, 1.54) is 11.1 Å². The Hall–Kier alpha value is 0.856. The summed E-state index contributed by atoms with van der Waals surface area (Å²) >= 11 is 0. The molecule has 0 aliphatic heterocycles. The maximum Gasteiger partial charge on any atom is 0 e. The minimum Gasteiger partial charge on any atom is -0.0683 e. The smallest absolute Gasteiger partial charge is 0 e. The molecule has 1 heteroatoms. The minimum absolute atomic E-state index is 0. The van der Waals surface area contributed by atoms with Crippen LogP contribution >= 0.6 is 0 Å². The van der Waals surface area contributed by atoms with Crippen LogP contribution in [0, 0.1) is 0 Å². The molecule has 0 spiro atoms. The molecule has 0 bridgehead atoms. The Morgan fingerprint density at radius 1 is 1.00 bits per heavy atom. The van der Waals surface area contributed by atoms with E-state index in [9.17, 15) is 0 Å². The van der Waals surface area contributed by atoms with E-state index in [2.05, 4.69) is 45.0 Å². The van der Waals surface area contributed by atoms with Gasteiger partial charge in [-0.05, 0) is 23.5 Å². The van der Waals surface area contributed by atoms with Crippen molar-refractivity contribution in [3.8, 4) is 0 Å². The van der Waals surface area contributed by atoms with Crippen LogP contribution in [-0.2, 0) is 6.42 Å². The van der Waals surface area contributed by atoms with Crippen molar-refractivity contribution < 1.29 is 0 Å². The molecule has 75 valence electrons. The van der Waals surface area contributed by atoms with Crippen molar-refractivity contribution >= 4 is 51.4 Å². The summed E-state index contributed by atoms with van der Waals surface area (Å²) in [7, 11) is 0. The summed E-state index contributed by atoms with van der Waals surface area (Å²) in [5.41, 5.74) is 2.86. The van der Waals surface area contributed by atoms with Gasteiger partial charge < -0.3 is 0 Å². The third kappa shape index (κ3) is 6.36. The van der Waals surface area contributed by atoms with Gasteiger partial charge in [-0.3, -0.25) is 0 Å². The van der Waals surface area contributed by atoms with E-state index in [0.717, 1.165) is 6.42 Å². The predicted octanol–water partition coefficient (Wildman–Crippen LogP) is 4.02. The van der Waals surface area contributed by atoms with E-state index in [1.807, 2.05) is 13.8 Å². The normalized spacial score (nSPS) is 8.71. The molecular formula is C13H22K. The van der Waals surface area contributed by atoms with Crippen molar-refractivity contribution in [2.24, 2.45) is 0 Å². The van der Waals surface area contributed by atoms with Crippen molar-refractivity contribution in [2.45, 2.75) is 47.0 Å². The van der Waals surface area contributed by atoms with Gasteiger partial charge in [0.05, 0.1) is 0 Å². The Morgan fingerprint density at radius 2 is 1.43 bits per heavy atom. The second-order valence-corrected chi connectivity index (χ2v) is 3.25. The van der Waals surface area contributed by atoms with Crippen molar-refractivity contribution in [2.75, 3.05) is 0 Å². The van der Waals surface area contributed by atoms with Gasteiger partial charge in [0.1, 0.15) is 0 Å². The van der Waals surface area contributed by atoms with Crippen LogP contribution < -0.4 is 0 Å². The second kappa shape index (κ2) is 10.4. The molecule has 0 unspecified atom stereocenters. The van der Waals surface area contributed by atoms with Crippen LogP contribution in [0.4, 0.5) is 0 Å². The van der Waals surface area contributed by atoms with Gasteiger partial charge in [0, 0.05) is 51.4 Å². The third-order valence-corrected chi connectivity index (χ3v) is 2.05. The fraction of sp³-hybridized carbons (Fsp3) is 0.538. The van der Waals surface area contributed by atoms with E-state index >= 15 is 0 Å². The minimum atomic E-state index is 0. The zero-order chi connectivity index (χ0) is 10.3. The topological polar surface area (TPSA) is 0 Å². The van der Waals surface area contributed by atoms with E-state index < -0.39 is 0 Å². The van der Waals surface area contributed by atoms with Gasteiger partial charge >= 0.3 is 0 Å². The Balaban J connectivity index is 0. The summed E-state index contributed by atoms with van der Waals surface area (Å²) in [5, 5.41) is 0. The average Bonchev–Trinajstić information content (AvgIpc) is 2.21. The maximum absolute atomic E-state index is 2.23. The van der Waals surface area contributed by atoms with Crippen molar-refractivity contribution in [3.05, 3.63) is 35.4 Å². The Morgan fingerprint density at radius 3 is 1.71 bits per heavy atom. The molecule has 0 aliphatic rings. The summed E-state index contributed by atoms with van der Waals surface area (Å²) in [6.07, 6.45) is 1.14. The summed E-state index contributed by atoms with van der Waals surface area (Å²) in [6.45, 7) is 10.6. The summed E-state index contributed by atoms with van der Waals surface area (Å²) in [4.78, 5) is 0. The van der Waals surface area contributed by atoms with Crippen molar-refractivity contribution in [3.63, 3.8) is 0 Å². The third-order valence-electron chi connectivity index (χ3n) is 2.05. The molecule has 1 radical (unpaired) electrons. The molecule has 0 saturated carbocycles. The summed E-state index contributed by atoms with van der Waals surface area (Å²) in [5.74, 6) is 0.654. The quantitative estimate of drug-likeness (QED) is 0.656. The molecule has 0 heterocycles. The molecule has 0 N–H and O–H groups in total. The number of hydrogen-bond donors (Lipinski definition) is 0. The molecule has 14 heavy (non-hydrogen) atoms. The molecule has 0 saturated heterocycles. The first-order valence-corrected chi connectivity index (χ1v) is 5.33. The summed E-state index contributed by atoms with van der Waals surface area (Å²) in [6, 6.07) is 8.89. The average molecular weight is 217 g/mol. The monoisotopic (exact) mass is 217 g/mol. The largest absolute Gasteiger partial charge is 0.0683 e. The zero-order valence-corrected chi connectivity index (χ0v) is 13.7. The van der Waals surface area contributed by atoms with Crippen LogP contribution in [0.25, 0.3) is 0 Å². The van der Waals surface area contributed by atoms with Crippen LogP contribution in [-0.4, -0.2) is 51.4 Å². The van der Waals surface area contributed by atoms with Gasteiger partial charge in [-0.2, -0.15) is 0 Å². The van der Waals surface area contributed by atoms with Crippen molar-refractivity contribution in [1.82, 2.24) is 0 Å². The first-order valence-electron chi connectivity index (χ1n) is 5.33. The molecule has 0 atom stereocenters.